The van der Waals surface area contributed by atoms with Crippen molar-refractivity contribution in [2.75, 3.05) is 27.7 Å². The van der Waals surface area contributed by atoms with Crippen molar-refractivity contribution < 1.29 is 9.28 Å². The standard InChI is InChI=1S/C24H50N2O/c1-7-8-9-10-11-12-13-14-15-16-17-18-19-20-21-25-24(27)23(22(2)3)26(4,5)6/h22-23H,7-21H2,1-6H3/p+1. The third-order valence-corrected chi connectivity index (χ3v) is 5.56. The van der Waals surface area contributed by atoms with Gasteiger partial charge in [-0.15, -0.1) is 0 Å². The molecular formula is C24H51N2O+. The molecule has 0 rings (SSSR count). The average Bonchev–Trinajstić information content (AvgIpc) is 2.56. The number of hydrogen-bond donors (Lipinski definition) is 1. The van der Waals surface area contributed by atoms with Crippen LogP contribution in [-0.4, -0.2) is 44.1 Å². The molecule has 0 bridgehead atoms. The Balaban J connectivity index is 3.46. The molecular weight excluding hydrogens is 332 g/mol. The molecule has 0 aromatic heterocycles. The first-order chi connectivity index (χ1) is 12.8. The van der Waals surface area contributed by atoms with Crippen LogP contribution >= 0.6 is 0 Å². The molecule has 0 fully saturated rings. The quantitative estimate of drug-likeness (QED) is 0.218. The molecule has 0 saturated carbocycles. The first-order valence-electron chi connectivity index (χ1n) is 11.9. The van der Waals surface area contributed by atoms with Gasteiger partial charge in [0, 0.05) is 12.5 Å². The minimum absolute atomic E-state index is 0.0386. The van der Waals surface area contributed by atoms with Crippen LogP contribution in [-0.2, 0) is 4.79 Å². The van der Waals surface area contributed by atoms with E-state index in [-0.39, 0.29) is 11.9 Å². The van der Waals surface area contributed by atoms with Crippen molar-refractivity contribution >= 4 is 5.91 Å². The molecule has 162 valence electrons. The minimum atomic E-state index is 0.0386. The summed E-state index contributed by atoms with van der Waals surface area (Å²) in [5.41, 5.74) is 0. The van der Waals surface area contributed by atoms with Gasteiger partial charge in [0.1, 0.15) is 0 Å². The third-order valence-electron chi connectivity index (χ3n) is 5.56. The summed E-state index contributed by atoms with van der Waals surface area (Å²) in [5.74, 6) is 0.577. The molecule has 0 aliphatic heterocycles. The fraction of sp³-hybridized carbons (Fsp3) is 0.958. The fourth-order valence-corrected chi connectivity index (χ4v) is 4.18. The molecule has 0 spiro atoms. The molecule has 27 heavy (non-hydrogen) atoms. The van der Waals surface area contributed by atoms with Crippen LogP contribution in [0.15, 0.2) is 0 Å². The van der Waals surface area contributed by atoms with Crippen molar-refractivity contribution in [1.29, 1.82) is 0 Å². The van der Waals surface area contributed by atoms with E-state index < -0.39 is 0 Å². The highest BCUT2D eigenvalue weighted by molar-refractivity contribution is 5.80. The van der Waals surface area contributed by atoms with Gasteiger partial charge in [0.15, 0.2) is 6.04 Å². The van der Waals surface area contributed by atoms with E-state index in [0.717, 1.165) is 13.0 Å². The first kappa shape index (κ1) is 26.4. The van der Waals surface area contributed by atoms with Crippen molar-refractivity contribution in [3.05, 3.63) is 0 Å². The molecule has 0 radical (unpaired) electrons. The second kappa shape index (κ2) is 16.4. The predicted molar refractivity (Wildman–Crippen MR) is 120 cm³/mol. The lowest BCUT2D eigenvalue weighted by atomic mass is 10.0. The largest absolute Gasteiger partial charge is 0.351 e. The number of amides is 1. The number of rotatable bonds is 18. The van der Waals surface area contributed by atoms with Crippen LogP contribution in [0.25, 0.3) is 0 Å². The molecule has 0 aliphatic rings. The zero-order chi connectivity index (χ0) is 20.5. The summed E-state index contributed by atoms with van der Waals surface area (Å²) in [7, 11) is 6.32. The number of nitrogens with one attached hydrogen (secondary N) is 1. The summed E-state index contributed by atoms with van der Waals surface area (Å²) in [6.45, 7) is 7.39. The molecule has 0 aliphatic carbocycles. The Kier molecular flexibility index (Phi) is 16.0. The Hall–Kier alpha value is -0.570. The number of carbonyl (C=O) groups is 1. The van der Waals surface area contributed by atoms with E-state index in [1.807, 2.05) is 0 Å². The van der Waals surface area contributed by atoms with E-state index in [2.05, 4.69) is 47.2 Å². The van der Waals surface area contributed by atoms with Gasteiger partial charge in [0.05, 0.1) is 21.1 Å². The molecule has 1 unspecified atom stereocenters. The predicted octanol–water partition coefficient (Wildman–Crippen LogP) is 6.31. The molecule has 1 N–H and O–H groups in total. The van der Waals surface area contributed by atoms with Gasteiger partial charge in [-0.25, -0.2) is 0 Å². The molecule has 3 nitrogen and oxygen atoms in total. The highest BCUT2D eigenvalue weighted by Gasteiger charge is 2.33. The Morgan fingerprint density at radius 3 is 1.41 bits per heavy atom. The summed E-state index contributed by atoms with van der Waals surface area (Å²) in [6, 6.07) is 0.0386. The molecule has 0 aromatic rings. The monoisotopic (exact) mass is 383 g/mol. The van der Waals surface area contributed by atoms with E-state index in [1.54, 1.807) is 0 Å². The second-order valence-electron chi connectivity index (χ2n) is 9.69. The Morgan fingerprint density at radius 1 is 0.704 bits per heavy atom. The maximum Gasteiger partial charge on any atom is 0.278 e. The fourth-order valence-electron chi connectivity index (χ4n) is 4.18. The Morgan fingerprint density at radius 2 is 1.07 bits per heavy atom. The summed E-state index contributed by atoms with van der Waals surface area (Å²) in [5, 5.41) is 3.16. The van der Waals surface area contributed by atoms with Gasteiger partial charge in [-0.1, -0.05) is 104 Å². The van der Waals surface area contributed by atoms with Gasteiger partial charge in [0.25, 0.3) is 5.91 Å². The van der Waals surface area contributed by atoms with Crippen LogP contribution in [0.2, 0.25) is 0 Å². The van der Waals surface area contributed by atoms with Crippen LogP contribution < -0.4 is 5.32 Å². The highest BCUT2D eigenvalue weighted by atomic mass is 16.2. The first-order valence-corrected chi connectivity index (χ1v) is 11.9. The van der Waals surface area contributed by atoms with Gasteiger partial charge in [-0.05, 0) is 6.42 Å². The summed E-state index contributed by atoms with van der Waals surface area (Å²) in [4.78, 5) is 12.4. The zero-order valence-electron chi connectivity index (χ0n) is 19.6. The van der Waals surface area contributed by atoms with Gasteiger partial charge < -0.3 is 9.80 Å². The lowest BCUT2D eigenvalue weighted by molar-refractivity contribution is -0.890. The second-order valence-corrected chi connectivity index (χ2v) is 9.69. The number of carbonyl (C=O) groups excluding carboxylic acids is 1. The summed E-state index contributed by atoms with van der Waals surface area (Å²) >= 11 is 0. The van der Waals surface area contributed by atoms with Crippen molar-refractivity contribution in [3.63, 3.8) is 0 Å². The maximum atomic E-state index is 12.4. The molecule has 0 heterocycles. The van der Waals surface area contributed by atoms with E-state index in [9.17, 15) is 4.79 Å². The Labute approximate surface area is 171 Å². The van der Waals surface area contributed by atoms with E-state index in [4.69, 9.17) is 0 Å². The Bertz CT molecular complexity index is 347. The summed E-state index contributed by atoms with van der Waals surface area (Å²) < 4.78 is 0.697. The van der Waals surface area contributed by atoms with Crippen LogP contribution in [0.5, 0.6) is 0 Å². The van der Waals surface area contributed by atoms with Crippen molar-refractivity contribution in [2.45, 2.75) is 117 Å². The number of likely N-dealkylation sites (N-methyl/N-ethyl adjacent to an activating group) is 1. The number of nitrogens with zero attached hydrogens (tertiary/aromatic N) is 1. The lowest BCUT2D eigenvalue weighted by Gasteiger charge is -2.35. The van der Waals surface area contributed by atoms with Crippen LogP contribution in [0.1, 0.15) is 111 Å². The maximum absolute atomic E-state index is 12.4. The van der Waals surface area contributed by atoms with Crippen molar-refractivity contribution in [1.82, 2.24) is 5.32 Å². The van der Waals surface area contributed by atoms with Gasteiger partial charge in [0.2, 0.25) is 0 Å². The number of quaternary nitrogens is 1. The lowest BCUT2D eigenvalue weighted by Crippen LogP contribution is -2.56. The van der Waals surface area contributed by atoms with Gasteiger partial charge in [-0.3, -0.25) is 4.79 Å². The van der Waals surface area contributed by atoms with Crippen LogP contribution in [0, 0.1) is 5.92 Å². The van der Waals surface area contributed by atoms with Gasteiger partial charge >= 0.3 is 0 Å². The van der Waals surface area contributed by atoms with E-state index >= 15 is 0 Å². The van der Waals surface area contributed by atoms with Crippen molar-refractivity contribution in [2.24, 2.45) is 5.92 Å². The molecule has 1 amide bonds. The van der Waals surface area contributed by atoms with Crippen molar-refractivity contribution in [3.8, 4) is 0 Å². The average molecular weight is 384 g/mol. The van der Waals surface area contributed by atoms with E-state index in [1.165, 1.54) is 83.5 Å². The minimum Gasteiger partial charge on any atom is -0.351 e. The SMILES string of the molecule is CCCCCCCCCCCCCCCCNC(=O)C(C(C)C)[N+](C)(C)C. The molecule has 0 aromatic carbocycles. The molecule has 0 saturated heterocycles. The third kappa shape index (κ3) is 15.1. The van der Waals surface area contributed by atoms with Crippen LogP contribution in [0.4, 0.5) is 0 Å². The van der Waals surface area contributed by atoms with Gasteiger partial charge in [-0.2, -0.15) is 0 Å². The molecule has 3 heteroatoms. The topological polar surface area (TPSA) is 29.1 Å². The smallest absolute Gasteiger partial charge is 0.278 e. The summed E-state index contributed by atoms with van der Waals surface area (Å²) in [6.07, 6.45) is 19.2. The zero-order valence-corrected chi connectivity index (χ0v) is 19.6. The number of hydrogen-bond acceptors (Lipinski definition) is 1. The van der Waals surface area contributed by atoms with E-state index in [0.29, 0.717) is 10.4 Å². The molecule has 1 atom stereocenters. The van der Waals surface area contributed by atoms with Crippen LogP contribution in [0.3, 0.4) is 0 Å². The normalized spacial score (nSPS) is 13.1. The number of unbranched alkanes of at least 4 members (excludes halogenated alkanes) is 13. The highest BCUT2D eigenvalue weighted by Crippen LogP contribution is 2.14.